The minimum atomic E-state index is -1.17. The fourth-order valence-corrected chi connectivity index (χ4v) is 3.52. The van der Waals surface area contributed by atoms with Crippen LogP contribution in [0.3, 0.4) is 0 Å². The van der Waals surface area contributed by atoms with Gasteiger partial charge in [-0.1, -0.05) is 19.1 Å². The molecule has 26 heavy (non-hydrogen) atoms. The highest BCUT2D eigenvalue weighted by Crippen LogP contribution is 2.39. The molecule has 0 unspecified atom stereocenters. The zero-order valence-corrected chi connectivity index (χ0v) is 14.8. The Morgan fingerprint density at radius 3 is 2.62 bits per heavy atom. The number of fused-ring (bicyclic) bond motifs is 1. The van der Waals surface area contributed by atoms with Crippen molar-refractivity contribution in [2.75, 3.05) is 0 Å². The summed E-state index contributed by atoms with van der Waals surface area (Å²) in [4.78, 5) is 28.6. The van der Waals surface area contributed by atoms with Crippen LogP contribution < -0.4 is 5.43 Å². The number of rotatable bonds is 4. The van der Waals surface area contributed by atoms with Crippen molar-refractivity contribution >= 4 is 16.9 Å². The van der Waals surface area contributed by atoms with Gasteiger partial charge in [-0.05, 0) is 49.4 Å². The maximum Gasteiger partial charge on any atom is 0.341 e. The number of nitrogens with zero attached hydrogens (tertiary/aromatic N) is 2. The summed E-state index contributed by atoms with van der Waals surface area (Å²) in [7, 11) is 0. The smallest absolute Gasteiger partial charge is 0.341 e. The fourth-order valence-electron chi connectivity index (χ4n) is 3.52. The molecule has 1 aromatic carbocycles. The highest BCUT2D eigenvalue weighted by atomic mass is 16.4. The Bertz CT molecular complexity index is 1080. The Hall–Kier alpha value is -2.95. The molecule has 0 aliphatic heterocycles. The number of carbonyl (C=O) groups is 1. The lowest BCUT2D eigenvalue weighted by Gasteiger charge is -2.16. The Balaban J connectivity index is 1.99. The van der Waals surface area contributed by atoms with Crippen LogP contribution in [0.4, 0.5) is 0 Å². The van der Waals surface area contributed by atoms with Gasteiger partial charge in [-0.25, -0.2) is 4.79 Å². The largest absolute Gasteiger partial charge is 0.477 e. The molecule has 1 aliphatic rings. The first kappa shape index (κ1) is 16.5. The first-order chi connectivity index (χ1) is 12.5. The minimum absolute atomic E-state index is 0.162. The molecule has 5 heteroatoms. The van der Waals surface area contributed by atoms with Crippen molar-refractivity contribution < 1.29 is 9.90 Å². The average Bonchev–Trinajstić information content (AvgIpc) is 3.47. The number of benzene rings is 1. The van der Waals surface area contributed by atoms with Gasteiger partial charge in [0.05, 0.1) is 5.52 Å². The van der Waals surface area contributed by atoms with Crippen molar-refractivity contribution in [3.05, 3.63) is 63.7 Å². The van der Waals surface area contributed by atoms with Crippen molar-refractivity contribution in [2.45, 2.75) is 39.2 Å². The van der Waals surface area contributed by atoms with E-state index in [1.165, 1.54) is 6.20 Å². The molecule has 0 atom stereocenters. The quantitative estimate of drug-likeness (QED) is 0.774. The molecular weight excluding hydrogens is 328 g/mol. The molecule has 4 rings (SSSR count). The van der Waals surface area contributed by atoms with Crippen LogP contribution >= 0.6 is 0 Å². The first-order valence-corrected chi connectivity index (χ1v) is 8.88. The Kier molecular flexibility index (Phi) is 3.87. The molecular formula is C21H20N2O3. The van der Waals surface area contributed by atoms with Gasteiger partial charge in [0.25, 0.3) is 0 Å². The van der Waals surface area contributed by atoms with Crippen LogP contribution in [0.2, 0.25) is 0 Å². The van der Waals surface area contributed by atoms with Gasteiger partial charge in [0.2, 0.25) is 5.43 Å². The lowest BCUT2D eigenvalue weighted by Crippen LogP contribution is -2.19. The van der Waals surface area contributed by atoms with E-state index in [2.05, 4.69) is 11.9 Å². The number of pyridine rings is 2. The van der Waals surface area contributed by atoms with E-state index in [0.29, 0.717) is 5.39 Å². The Morgan fingerprint density at radius 1 is 1.27 bits per heavy atom. The molecule has 3 aromatic rings. The molecule has 0 radical (unpaired) electrons. The van der Waals surface area contributed by atoms with Crippen molar-refractivity contribution in [1.29, 1.82) is 0 Å². The molecule has 0 spiro atoms. The third-order valence-corrected chi connectivity index (χ3v) is 5.12. The maximum atomic E-state index is 12.6. The molecule has 0 bridgehead atoms. The van der Waals surface area contributed by atoms with Gasteiger partial charge >= 0.3 is 5.97 Å². The van der Waals surface area contributed by atoms with Crippen LogP contribution in [0.1, 0.15) is 47.4 Å². The second-order valence-corrected chi connectivity index (χ2v) is 6.84. The topological polar surface area (TPSA) is 72.2 Å². The van der Waals surface area contributed by atoms with Gasteiger partial charge in [-0.2, -0.15) is 0 Å². The highest BCUT2D eigenvalue weighted by molar-refractivity contribution is 5.95. The van der Waals surface area contributed by atoms with Crippen LogP contribution in [0.5, 0.6) is 0 Å². The molecule has 1 N–H and O–H groups in total. The van der Waals surface area contributed by atoms with Crippen LogP contribution in [-0.4, -0.2) is 20.6 Å². The minimum Gasteiger partial charge on any atom is -0.477 e. The van der Waals surface area contributed by atoms with Crippen molar-refractivity contribution in [3.8, 4) is 11.1 Å². The average molecular weight is 348 g/mol. The monoisotopic (exact) mass is 348 g/mol. The van der Waals surface area contributed by atoms with E-state index in [9.17, 15) is 14.7 Å². The predicted octanol–water partition coefficient (Wildman–Crippen LogP) is 3.97. The van der Waals surface area contributed by atoms with E-state index in [4.69, 9.17) is 0 Å². The van der Waals surface area contributed by atoms with Gasteiger partial charge in [0.15, 0.2) is 0 Å². The van der Waals surface area contributed by atoms with E-state index in [0.717, 1.165) is 47.2 Å². The summed E-state index contributed by atoms with van der Waals surface area (Å²) in [6, 6.07) is 7.97. The van der Waals surface area contributed by atoms with Crippen molar-refractivity contribution in [2.24, 2.45) is 0 Å². The molecule has 132 valence electrons. The standard InChI is InChI=1S/C21H20N2O3/c1-3-14-5-4-13(10-22-14)16-8-9-17-19(12(16)2)23(15-6-7-15)11-18(20(17)24)21(25)26/h4-5,8-11,15H,3,6-7H2,1-2H3,(H,25,26). The molecule has 2 aromatic heterocycles. The number of aryl methyl sites for hydroxylation is 2. The third-order valence-electron chi connectivity index (χ3n) is 5.12. The van der Waals surface area contributed by atoms with Crippen LogP contribution in [-0.2, 0) is 6.42 Å². The summed E-state index contributed by atoms with van der Waals surface area (Å²) >= 11 is 0. The lowest BCUT2D eigenvalue weighted by atomic mass is 9.97. The van der Waals surface area contributed by atoms with Crippen molar-refractivity contribution in [3.63, 3.8) is 0 Å². The van der Waals surface area contributed by atoms with Crippen LogP contribution in [0, 0.1) is 6.92 Å². The van der Waals surface area contributed by atoms with E-state index in [1.807, 2.05) is 35.9 Å². The van der Waals surface area contributed by atoms with Crippen molar-refractivity contribution in [1.82, 2.24) is 9.55 Å². The van der Waals surface area contributed by atoms with Gasteiger partial charge < -0.3 is 9.67 Å². The molecule has 1 saturated carbocycles. The summed E-state index contributed by atoms with van der Waals surface area (Å²) in [6.07, 6.45) is 6.27. The zero-order valence-electron chi connectivity index (χ0n) is 14.8. The number of aromatic nitrogens is 2. The molecule has 1 fully saturated rings. The van der Waals surface area contributed by atoms with E-state index in [-0.39, 0.29) is 11.6 Å². The maximum absolute atomic E-state index is 12.6. The number of carboxylic acids is 1. The summed E-state index contributed by atoms with van der Waals surface area (Å²) in [5.74, 6) is -1.17. The van der Waals surface area contributed by atoms with Gasteiger partial charge in [-0.3, -0.25) is 9.78 Å². The molecule has 0 amide bonds. The second-order valence-electron chi connectivity index (χ2n) is 6.84. The zero-order chi connectivity index (χ0) is 18.4. The lowest BCUT2D eigenvalue weighted by molar-refractivity contribution is 0.0695. The van der Waals surface area contributed by atoms with Gasteiger partial charge in [-0.15, -0.1) is 0 Å². The highest BCUT2D eigenvalue weighted by Gasteiger charge is 2.27. The molecule has 1 aliphatic carbocycles. The third kappa shape index (κ3) is 2.60. The normalized spacial score (nSPS) is 13.9. The van der Waals surface area contributed by atoms with Gasteiger partial charge in [0.1, 0.15) is 5.56 Å². The summed E-state index contributed by atoms with van der Waals surface area (Å²) in [5, 5.41) is 9.85. The molecule has 0 saturated heterocycles. The number of hydrogen-bond donors (Lipinski definition) is 1. The van der Waals surface area contributed by atoms with Crippen LogP contribution in [0.15, 0.2) is 41.5 Å². The van der Waals surface area contributed by atoms with Crippen LogP contribution in [0.25, 0.3) is 22.0 Å². The Morgan fingerprint density at radius 2 is 2.04 bits per heavy atom. The molecule has 5 nitrogen and oxygen atoms in total. The SMILES string of the molecule is CCc1ccc(-c2ccc3c(=O)c(C(=O)O)cn(C4CC4)c3c2C)cn1. The first-order valence-electron chi connectivity index (χ1n) is 8.88. The predicted molar refractivity (Wildman–Crippen MR) is 101 cm³/mol. The van der Waals surface area contributed by atoms with E-state index >= 15 is 0 Å². The second kappa shape index (κ2) is 6.09. The van der Waals surface area contributed by atoms with Gasteiger partial charge in [0, 0.05) is 35.1 Å². The summed E-state index contributed by atoms with van der Waals surface area (Å²) in [6.45, 7) is 4.06. The number of hydrogen-bond acceptors (Lipinski definition) is 3. The molecule has 2 heterocycles. The summed E-state index contributed by atoms with van der Waals surface area (Å²) in [5.41, 5.74) is 4.29. The summed E-state index contributed by atoms with van der Waals surface area (Å²) < 4.78 is 1.98. The van der Waals surface area contributed by atoms with E-state index < -0.39 is 11.4 Å². The number of aromatic carboxylic acids is 1. The Labute approximate surface area is 150 Å². The number of carboxylic acid groups (broad SMARTS) is 1. The van der Waals surface area contributed by atoms with E-state index in [1.54, 1.807) is 6.07 Å². The fraction of sp³-hybridized carbons (Fsp3) is 0.286.